The molecule has 6 heteroatoms. The molecule has 2 N–H and O–H groups in total. The van der Waals surface area contributed by atoms with Crippen molar-refractivity contribution < 1.29 is 23.4 Å². The second kappa shape index (κ2) is 8.31. The molecule has 0 bridgehead atoms. The average molecular weight is 369 g/mol. The fourth-order valence-electron chi connectivity index (χ4n) is 2.47. The lowest BCUT2D eigenvalue weighted by molar-refractivity contribution is 0.0697. The van der Waals surface area contributed by atoms with Gasteiger partial charge in [-0.25, -0.2) is 13.6 Å². The van der Waals surface area contributed by atoms with Crippen LogP contribution in [0.2, 0.25) is 0 Å². The minimum absolute atomic E-state index is 0.00565. The molecular weight excluding hydrogens is 352 g/mol. The number of carbonyl (C=O) groups is 1. The van der Waals surface area contributed by atoms with Gasteiger partial charge in [0.15, 0.2) is 0 Å². The first-order chi connectivity index (χ1) is 13.0. The Balaban J connectivity index is 1.55. The van der Waals surface area contributed by atoms with E-state index >= 15 is 0 Å². The molecule has 0 heterocycles. The number of carboxylic acid groups (broad SMARTS) is 1. The lowest BCUT2D eigenvalue weighted by atomic mass is 10.2. The van der Waals surface area contributed by atoms with Gasteiger partial charge in [0.25, 0.3) is 0 Å². The van der Waals surface area contributed by atoms with E-state index in [-0.39, 0.29) is 17.7 Å². The van der Waals surface area contributed by atoms with Crippen molar-refractivity contribution in [2.75, 3.05) is 5.32 Å². The van der Waals surface area contributed by atoms with Crippen LogP contribution in [-0.2, 0) is 13.2 Å². The van der Waals surface area contributed by atoms with Gasteiger partial charge in [-0.15, -0.1) is 0 Å². The Morgan fingerprint density at radius 2 is 1.78 bits per heavy atom. The molecule has 0 radical (unpaired) electrons. The van der Waals surface area contributed by atoms with Crippen molar-refractivity contribution in [3.05, 3.63) is 95.1 Å². The first-order valence-corrected chi connectivity index (χ1v) is 8.24. The number of nitrogens with one attached hydrogen (secondary N) is 1. The Labute approximate surface area is 155 Å². The summed E-state index contributed by atoms with van der Waals surface area (Å²) in [6, 6.07) is 17.2. The molecule has 0 atom stereocenters. The average Bonchev–Trinajstić information content (AvgIpc) is 2.67. The third-order valence-corrected chi connectivity index (χ3v) is 3.94. The zero-order chi connectivity index (χ0) is 19.2. The molecule has 138 valence electrons. The number of ether oxygens (including phenoxy) is 1. The fourth-order valence-corrected chi connectivity index (χ4v) is 2.47. The zero-order valence-corrected chi connectivity index (χ0v) is 14.3. The van der Waals surface area contributed by atoms with Gasteiger partial charge < -0.3 is 15.2 Å². The van der Waals surface area contributed by atoms with Crippen LogP contribution in [-0.4, -0.2) is 11.1 Å². The van der Waals surface area contributed by atoms with Crippen molar-refractivity contribution in [2.45, 2.75) is 13.2 Å². The molecule has 0 unspecified atom stereocenters. The number of hydrogen-bond acceptors (Lipinski definition) is 3. The SMILES string of the molecule is O=C(O)c1cccc(NCc2ccc(OCc3ccc(F)cc3F)cc2)c1. The summed E-state index contributed by atoms with van der Waals surface area (Å²) in [7, 11) is 0. The summed E-state index contributed by atoms with van der Waals surface area (Å²) in [5.74, 6) is -1.67. The van der Waals surface area contributed by atoms with Gasteiger partial charge in [-0.1, -0.05) is 18.2 Å². The molecule has 0 amide bonds. The van der Waals surface area contributed by atoms with E-state index in [1.165, 1.54) is 18.2 Å². The van der Waals surface area contributed by atoms with Crippen LogP contribution in [0.15, 0.2) is 66.7 Å². The first kappa shape index (κ1) is 18.4. The number of benzene rings is 3. The summed E-state index contributed by atoms with van der Waals surface area (Å²) in [6.45, 7) is 0.516. The van der Waals surface area contributed by atoms with E-state index in [0.29, 0.717) is 18.0 Å². The predicted molar refractivity (Wildman–Crippen MR) is 97.9 cm³/mol. The highest BCUT2D eigenvalue weighted by molar-refractivity contribution is 5.88. The summed E-state index contributed by atoms with van der Waals surface area (Å²) in [5, 5.41) is 12.2. The largest absolute Gasteiger partial charge is 0.489 e. The normalized spacial score (nSPS) is 10.4. The molecule has 4 nitrogen and oxygen atoms in total. The Bertz CT molecular complexity index is 942. The summed E-state index contributed by atoms with van der Waals surface area (Å²) in [4.78, 5) is 11.0. The van der Waals surface area contributed by atoms with Gasteiger partial charge in [0.1, 0.15) is 24.0 Å². The van der Waals surface area contributed by atoms with Crippen molar-refractivity contribution in [3.8, 4) is 5.75 Å². The van der Waals surface area contributed by atoms with Gasteiger partial charge in [0.2, 0.25) is 0 Å². The van der Waals surface area contributed by atoms with Crippen LogP contribution in [0, 0.1) is 11.6 Å². The Morgan fingerprint density at radius 3 is 2.48 bits per heavy atom. The highest BCUT2D eigenvalue weighted by Gasteiger charge is 2.05. The van der Waals surface area contributed by atoms with Crippen LogP contribution in [0.5, 0.6) is 5.75 Å². The number of halogens is 2. The quantitative estimate of drug-likeness (QED) is 0.625. The van der Waals surface area contributed by atoms with E-state index in [1.807, 2.05) is 12.1 Å². The number of rotatable bonds is 7. The molecule has 27 heavy (non-hydrogen) atoms. The second-order valence-corrected chi connectivity index (χ2v) is 5.91. The maximum atomic E-state index is 13.6. The van der Waals surface area contributed by atoms with E-state index < -0.39 is 17.6 Å². The zero-order valence-electron chi connectivity index (χ0n) is 14.3. The molecule has 0 aliphatic carbocycles. The highest BCUT2D eigenvalue weighted by atomic mass is 19.1. The standard InChI is InChI=1S/C21H17F2NO3/c22-17-7-6-16(20(23)11-17)13-27-19-8-4-14(5-9-19)12-24-18-3-1-2-15(10-18)21(25)26/h1-11,24H,12-13H2,(H,25,26). The van der Waals surface area contributed by atoms with Gasteiger partial charge >= 0.3 is 5.97 Å². The first-order valence-electron chi connectivity index (χ1n) is 8.24. The summed E-state index contributed by atoms with van der Waals surface area (Å²) >= 11 is 0. The number of aromatic carboxylic acids is 1. The van der Waals surface area contributed by atoms with Crippen molar-refractivity contribution in [1.82, 2.24) is 0 Å². The third-order valence-electron chi connectivity index (χ3n) is 3.94. The molecular formula is C21H17F2NO3. The summed E-state index contributed by atoms with van der Waals surface area (Å²) < 4.78 is 32.0. The van der Waals surface area contributed by atoms with Gasteiger partial charge in [0, 0.05) is 23.9 Å². The molecule has 0 aromatic heterocycles. The fraction of sp³-hybridized carbons (Fsp3) is 0.0952. The molecule has 3 rings (SSSR count). The topological polar surface area (TPSA) is 58.6 Å². The van der Waals surface area contributed by atoms with Crippen LogP contribution in [0.3, 0.4) is 0 Å². The molecule has 0 saturated heterocycles. The van der Waals surface area contributed by atoms with Crippen molar-refractivity contribution in [2.24, 2.45) is 0 Å². The predicted octanol–water partition coefficient (Wildman–Crippen LogP) is 4.85. The van der Waals surface area contributed by atoms with Crippen LogP contribution in [0.1, 0.15) is 21.5 Å². The third kappa shape index (κ3) is 5.04. The maximum absolute atomic E-state index is 13.6. The van der Waals surface area contributed by atoms with Crippen LogP contribution >= 0.6 is 0 Å². The molecule has 3 aromatic carbocycles. The summed E-state index contributed by atoms with van der Waals surface area (Å²) in [5.41, 5.74) is 2.18. The van der Waals surface area contributed by atoms with Crippen LogP contribution < -0.4 is 10.1 Å². The Kier molecular flexibility index (Phi) is 5.66. The van der Waals surface area contributed by atoms with Crippen LogP contribution in [0.4, 0.5) is 14.5 Å². The molecule has 0 aliphatic rings. The van der Waals surface area contributed by atoms with E-state index in [0.717, 1.165) is 11.6 Å². The lowest BCUT2D eigenvalue weighted by Gasteiger charge is -2.10. The molecule has 3 aromatic rings. The molecule has 0 saturated carbocycles. The van der Waals surface area contributed by atoms with E-state index in [1.54, 1.807) is 30.3 Å². The number of anilines is 1. The smallest absolute Gasteiger partial charge is 0.335 e. The van der Waals surface area contributed by atoms with Crippen molar-refractivity contribution in [3.63, 3.8) is 0 Å². The van der Waals surface area contributed by atoms with Crippen molar-refractivity contribution in [1.29, 1.82) is 0 Å². The van der Waals surface area contributed by atoms with E-state index in [4.69, 9.17) is 9.84 Å². The molecule has 0 aliphatic heterocycles. The monoisotopic (exact) mass is 369 g/mol. The Morgan fingerprint density at radius 1 is 1.00 bits per heavy atom. The van der Waals surface area contributed by atoms with Gasteiger partial charge in [-0.3, -0.25) is 0 Å². The number of hydrogen-bond donors (Lipinski definition) is 2. The van der Waals surface area contributed by atoms with Crippen molar-refractivity contribution >= 4 is 11.7 Å². The molecule has 0 fully saturated rings. The van der Waals surface area contributed by atoms with Gasteiger partial charge in [0.05, 0.1) is 5.56 Å². The highest BCUT2D eigenvalue weighted by Crippen LogP contribution is 2.18. The van der Waals surface area contributed by atoms with Gasteiger partial charge in [-0.05, 0) is 48.0 Å². The molecule has 0 spiro atoms. The summed E-state index contributed by atoms with van der Waals surface area (Å²) in [6.07, 6.45) is 0. The maximum Gasteiger partial charge on any atom is 0.335 e. The lowest BCUT2D eigenvalue weighted by Crippen LogP contribution is -2.02. The Hall–Kier alpha value is -3.41. The van der Waals surface area contributed by atoms with Crippen LogP contribution in [0.25, 0.3) is 0 Å². The number of carboxylic acids is 1. The van der Waals surface area contributed by atoms with E-state index in [9.17, 15) is 13.6 Å². The second-order valence-electron chi connectivity index (χ2n) is 5.91. The van der Waals surface area contributed by atoms with E-state index in [2.05, 4.69) is 5.32 Å². The minimum Gasteiger partial charge on any atom is -0.489 e. The van der Waals surface area contributed by atoms with Gasteiger partial charge in [-0.2, -0.15) is 0 Å². The minimum atomic E-state index is -0.974.